The van der Waals surface area contributed by atoms with Crippen LogP contribution in [0.15, 0.2) is 0 Å². The van der Waals surface area contributed by atoms with Crippen LogP contribution in [0.4, 0.5) is 0 Å². The Morgan fingerprint density at radius 3 is 0.630 bits per heavy atom. The second-order valence-electron chi connectivity index (χ2n) is 9.71. The highest BCUT2D eigenvalue weighted by molar-refractivity contribution is 9.09. The molecule has 0 saturated carbocycles. The van der Waals surface area contributed by atoms with Crippen molar-refractivity contribution in [2.24, 2.45) is 0 Å². The predicted octanol–water partition coefficient (Wildman–Crippen LogP) is 3.18. The van der Waals surface area contributed by atoms with Crippen molar-refractivity contribution in [3.63, 3.8) is 0 Å². The number of alkyl halides is 1. The molecule has 0 aliphatic heterocycles. The van der Waals surface area contributed by atoms with E-state index in [0.29, 0.717) is 165 Å². The van der Waals surface area contributed by atoms with Gasteiger partial charge in [0.15, 0.2) is 0 Å². The van der Waals surface area contributed by atoms with Gasteiger partial charge in [-0.2, -0.15) is 0 Å². The number of unbranched alkanes of at least 4 members (excludes halogenated alkanes) is 3. The van der Waals surface area contributed by atoms with Crippen LogP contribution in [0.25, 0.3) is 0 Å². The lowest BCUT2D eigenvalue weighted by Gasteiger charge is -2.09. The fourth-order valence-electron chi connectivity index (χ4n) is 3.43. The summed E-state index contributed by atoms with van der Waals surface area (Å²) < 4.78 is 71.0. The van der Waals surface area contributed by atoms with E-state index in [1.807, 2.05) is 0 Å². The lowest BCUT2D eigenvalue weighted by molar-refractivity contribution is -0.0289. The number of rotatable bonds is 43. The molecule has 0 saturated heterocycles. The van der Waals surface area contributed by atoms with E-state index >= 15 is 0 Å². The van der Waals surface area contributed by atoms with E-state index < -0.39 is 0 Å². The second-order valence-corrected chi connectivity index (χ2v) is 10.5. The Morgan fingerprint density at radius 2 is 0.435 bits per heavy atom. The Bertz CT molecular complexity index is 482. The molecule has 0 unspecified atom stereocenters. The van der Waals surface area contributed by atoms with Crippen molar-refractivity contribution in [2.75, 3.05) is 177 Å². The standard InChI is InChI=1S/C32H65BrO13/c1-2-3-4-5-7-34-9-11-36-13-15-38-17-19-40-21-23-42-25-27-44-29-31-46-32-30-45-28-26-43-24-22-41-20-18-39-16-14-37-12-10-35-8-6-33/h2-32H2,1H3. The zero-order valence-electron chi connectivity index (χ0n) is 28.6. The first-order chi connectivity index (χ1) is 22.9. The van der Waals surface area contributed by atoms with Gasteiger partial charge in [-0.3, -0.25) is 0 Å². The minimum atomic E-state index is 0.515. The summed E-state index contributed by atoms with van der Waals surface area (Å²) >= 11 is 3.30. The molecule has 0 aliphatic rings. The van der Waals surface area contributed by atoms with Crippen LogP contribution in [0.2, 0.25) is 0 Å². The fourth-order valence-corrected chi connectivity index (χ4v) is 3.66. The molecule has 0 bridgehead atoms. The van der Waals surface area contributed by atoms with Crippen LogP contribution in [0, 0.1) is 0 Å². The molecule has 0 aliphatic carbocycles. The van der Waals surface area contributed by atoms with Gasteiger partial charge in [0.25, 0.3) is 0 Å². The van der Waals surface area contributed by atoms with Gasteiger partial charge < -0.3 is 61.6 Å². The van der Waals surface area contributed by atoms with Crippen LogP contribution in [0.3, 0.4) is 0 Å². The van der Waals surface area contributed by atoms with Gasteiger partial charge in [-0.15, -0.1) is 0 Å². The maximum Gasteiger partial charge on any atom is 0.0701 e. The number of halogens is 1. The third kappa shape index (κ3) is 44.0. The van der Waals surface area contributed by atoms with Crippen molar-refractivity contribution in [2.45, 2.75) is 32.6 Å². The Balaban J connectivity index is 3.03. The average Bonchev–Trinajstić information content (AvgIpc) is 3.07. The molecule has 0 spiro atoms. The smallest absolute Gasteiger partial charge is 0.0701 e. The molecule has 0 fully saturated rings. The highest BCUT2D eigenvalue weighted by atomic mass is 79.9. The third-order valence-corrected chi connectivity index (χ3v) is 6.15. The van der Waals surface area contributed by atoms with Crippen molar-refractivity contribution in [1.82, 2.24) is 0 Å². The molecule has 278 valence electrons. The molecule has 0 rings (SSSR count). The first-order valence-electron chi connectivity index (χ1n) is 17.0. The molecular formula is C32H65BrO13. The molecule has 0 radical (unpaired) electrons. The van der Waals surface area contributed by atoms with E-state index in [2.05, 4.69) is 22.9 Å². The van der Waals surface area contributed by atoms with Crippen LogP contribution >= 0.6 is 15.9 Å². The highest BCUT2D eigenvalue weighted by Crippen LogP contribution is 1.98. The topological polar surface area (TPSA) is 120 Å². The number of hydrogen-bond acceptors (Lipinski definition) is 13. The van der Waals surface area contributed by atoms with Gasteiger partial charge in [-0.05, 0) is 6.42 Å². The molecule has 0 aromatic rings. The quantitative estimate of drug-likeness (QED) is 0.0674. The molecule has 0 amide bonds. The first-order valence-corrected chi connectivity index (χ1v) is 18.1. The van der Waals surface area contributed by atoms with E-state index in [-0.39, 0.29) is 0 Å². The molecule has 13 nitrogen and oxygen atoms in total. The molecule has 0 N–H and O–H groups in total. The van der Waals surface area contributed by atoms with E-state index in [1.165, 1.54) is 19.3 Å². The highest BCUT2D eigenvalue weighted by Gasteiger charge is 1.97. The third-order valence-electron chi connectivity index (χ3n) is 5.83. The molecule has 0 heterocycles. The number of ether oxygens (including phenoxy) is 13. The zero-order chi connectivity index (χ0) is 33.1. The van der Waals surface area contributed by atoms with E-state index in [0.717, 1.165) is 18.4 Å². The molecule has 46 heavy (non-hydrogen) atoms. The zero-order valence-corrected chi connectivity index (χ0v) is 30.2. The van der Waals surface area contributed by atoms with Crippen LogP contribution in [0.5, 0.6) is 0 Å². The van der Waals surface area contributed by atoms with E-state index in [9.17, 15) is 0 Å². The first kappa shape index (κ1) is 46.0. The average molecular weight is 738 g/mol. The van der Waals surface area contributed by atoms with E-state index in [1.54, 1.807) is 0 Å². The lowest BCUT2D eigenvalue weighted by Crippen LogP contribution is -2.15. The van der Waals surface area contributed by atoms with Gasteiger partial charge in [0.2, 0.25) is 0 Å². The monoisotopic (exact) mass is 736 g/mol. The van der Waals surface area contributed by atoms with E-state index in [4.69, 9.17) is 61.6 Å². The molecule has 0 aromatic heterocycles. The summed E-state index contributed by atoms with van der Waals surface area (Å²) in [5.74, 6) is 0. The molecule has 0 aromatic carbocycles. The molecule has 0 atom stereocenters. The summed E-state index contributed by atoms with van der Waals surface area (Å²) in [6, 6.07) is 0. The minimum absolute atomic E-state index is 0.515. The van der Waals surface area contributed by atoms with Gasteiger partial charge in [-0.1, -0.05) is 42.1 Å². The largest absolute Gasteiger partial charge is 0.379 e. The molecule has 14 heteroatoms. The summed E-state index contributed by atoms with van der Waals surface area (Å²) in [7, 11) is 0. The molecular weight excluding hydrogens is 672 g/mol. The van der Waals surface area contributed by atoms with Crippen LogP contribution in [0.1, 0.15) is 32.6 Å². The summed E-state index contributed by atoms with van der Waals surface area (Å²) in [4.78, 5) is 0. The summed E-state index contributed by atoms with van der Waals surface area (Å²) in [5.41, 5.74) is 0. The lowest BCUT2D eigenvalue weighted by atomic mass is 10.2. The van der Waals surface area contributed by atoms with Gasteiger partial charge in [0, 0.05) is 11.9 Å². The normalized spacial score (nSPS) is 11.6. The van der Waals surface area contributed by atoms with Crippen molar-refractivity contribution in [3.05, 3.63) is 0 Å². The Labute approximate surface area is 286 Å². The van der Waals surface area contributed by atoms with Crippen molar-refractivity contribution < 1.29 is 61.6 Å². The van der Waals surface area contributed by atoms with Crippen LogP contribution < -0.4 is 0 Å². The fraction of sp³-hybridized carbons (Fsp3) is 1.00. The number of hydrogen-bond donors (Lipinski definition) is 0. The van der Waals surface area contributed by atoms with Crippen molar-refractivity contribution in [3.8, 4) is 0 Å². The minimum Gasteiger partial charge on any atom is -0.379 e. The van der Waals surface area contributed by atoms with Gasteiger partial charge in [0.05, 0.1) is 165 Å². The Kier molecular flexibility index (Phi) is 44.9. The van der Waals surface area contributed by atoms with Crippen LogP contribution in [-0.4, -0.2) is 177 Å². The summed E-state index contributed by atoms with van der Waals surface area (Å²) in [6.07, 6.45) is 4.90. The Morgan fingerprint density at radius 1 is 0.239 bits per heavy atom. The van der Waals surface area contributed by atoms with Crippen LogP contribution in [-0.2, 0) is 61.6 Å². The second kappa shape index (κ2) is 45.0. The van der Waals surface area contributed by atoms with Crippen molar-refractivity contribution >= 4 is 15.9 Å². The SMILES string of the molecule is CCCCCCOCCOCCOCCOCCOCCOCCOCCOCCOCCOCCOCCOCCOCCBr. The summed E-state index contributed by atoms with van der Waals surface area (Å²) in [6.45, 7) is 16.8. The maximum atomic E-state index is 5.53. The van der Waals surface area contributed by atoms with Gasteiger partial charge >= 0.3 is 0 Å². The summed E-state index contributed by atoms with van der Waals surface area (Å²) in [5, 5.41) is 0.838. The van der Waals surface area contributed by atoms with Crippen molar-refractivity contribution in [1.29, 1.82) is 0 Å². The predicted molar refractivity (Wildman–Crippen MR) is 179 cm³/mol. The van der Waals surface area contributed by atoms with Gasteiger partial charge in [0.1, 0.15) is 0 Å². The van der Waals surface area contributed by atoms with Gasteiger partial charge in [-0.25, -0.2) is 0 Å². The maximum absolute atomic E-state index is 5.53. The Hall–Kier alpha value is -0.0400.